The number of halogens is 1. The van der Waals surface area contributed by atoms with E-state index in [0.717, 1.165) is 16.1 Å². The number of hydrogen-bond acceptors (Lipinski definition) is 6. The number of hydrogen-bond donors (Lipinski definition) is 1. The highest BCUT2D eigenvalue weighted by molar-refractivity contribution is 7.15. The fraction of sp³-hybridized carbons (Fsp3) is 0.188. The molecule has 0 atom stereocenters. The van der Waals surface area contributed by atoms with Crippen molar-refractivity contribution in [2.45, 2.75) is 19.9 Å². The van der Waals surface area contributed by atoms with Crippen LogP contribution in [-0.4, -0.2) is 25.9 Å². The molecule has 0 fully saturated rings. The van der Waals surface area contributed by atoms with E-state index < -0.39 is 11.5 Å². The maximum Gasteiger partial charge on any atom is 0.267 e. The second-order valence-electron chi connectivity index (χ2n) is 5.12. The quantitative estimate of drug-likeness (QED) is 0.753. The van der Waals surface area contributed by atoms with Crippen molar-refractivity contribution in [3.63, 3.8) is 0 Å². The highest BCUT2D eigenvalue weighted by Crippen LogP contribution is 2.16. The number of nitrogens with one attached hydrogen (secondary N) is 1. The van der Waals surface area contributed by atoms with Gasteiger partial charge in [-0.15, -0.1) is 10.2 Å². The van der Waals surface area contributed by atoms with Crippen LogP contribution in [0.1, 0.15) is 11.9 Å². The minimum Gasteiger partial charge on any atom is -0.299 e. The average molecular weight is 359 g/mol. The van der Waals surface area contributed by atoms with Gasteiger partial charge in [-0.3, -0.25) is 14.9 Å². The lowest BCUT2D eigenvalue weighted by molar-refractivity contribution is -0.117. The van der Waals surface area contributed by atoms with Gasteiger partial charge in [-0.2, -0.15) is 5.10 Å². The van der Waals surface area contributed by atoms with E-state index in [1.807, 2.05) is 6.92 Å². The molecule has 2 heterocycles. The van der Waals surface area contributed by atoms with E-state index in [1.54, 1.807) is 12.1 Å². The van der Waals surface area contributed by atoms with E-state index in [9.17, 15) is 14.0 Å². The predicted octanol–water partition coefficient (Wildman–Crippen LogP) is 2.10. The van der Waals surface area contributed by atoms with Crippen molar-refractivity contribution < 1.29 is 9.18 Å². The number of rotatable bonds is 5. The summed E-state index contributed by atoms with van der Waals surface area (Å²) in [6.45, 7) is 1.69. The molecular weight excluding hydrogens is 345 g/mol. The van der Waals surface area contributed by atoms with E-state index in [4.69, 9.17) is 0 Å². The van der Waals surface area contributed by atoms with Crippen LogP contribution in [0.15, 0.2) is 41.2 Å². The Balaban J connectivity index is 1.77. The van der Waals surface area contributed by atoms with Gasteiger partial charge >= 0.3 is 0 Å². The fourth-order valence-electron chi connectivity index (χ4n) is 2.08. The zero-order chi connectivity index (χ0) is 17.8. The summed E-state index contributed by atoms with van der Waals surface area (Å²) < 4.78 is 14.1. The minimum absolute atomic E-state index is 0.255. The smallest absolute Gasteiger partial charge is 0.267 e. The molecule has 0 radical (unpaired) electrons. The molecule has 128 valence electrons. The second-order valence-corrected chi connectivity index (χ2v) is 6.19. The van der Waals surface area contributed by atoms with Crippen LogP contribution in [0.3, 0.4) is 0 Å². The largest absolute Gasteiger partial charge is 0.299 e. The van der Waals surface area contributed by atoms with Crippen LogP contribution in [0.25, 0.3) is 11.3 Å². The molecule has 3 aromatic rings. The predicted molar refractivity (Wildman–Crippen MR) is 91.8 cm³/mol. The summed E-state index contributed by atoms with van der Waals surface area (Å²) >= 11 is 1.28. The van der Waals surface area contributed by atoms with Crippen molar-refractivity contribution in [1.29, 1.82) is 0 Å². The van der Waals surface area contributed by atoms with Crippen molar-refractivity contribution in [3.8, 4) is 11.3 Å². The number of aryl methyl sites for hydroxylation is 1. The molecule has 0 unspecified atom stereocenters. The molecule has 0 aliphatic rings. The molecule has 1 amide bonds. The molecule has 0 aliphatic heterocycles. The van der Waals surface area contributed by atoms with E-state index in [-0.39, 0.29) is 12.4 Å². The van der Waals surface area contributed by atoms with Gasteiger partial charge in [0.2, 0.25) is 11.0 Å². The molecule has 9 heteroatoms. The van der Waals surface area contributed by atoms with Crippen LogP contribution in [0, 0.1) is 5.82 Å². The Bertz CT molecular complexity index is 952. The second kappa shape index (κ2) is 7.31. The summed E-state index contributed by atoms with van der Waals surface area (Å²) in [6.07, 6.45) is 0.730. The number of amides is 1. The molecule has 7 nitrogen and oxygen atoms in total. The Morgan fingerprint density at radius 2 is 1.96 bits per heavy atom. The Hall–Kier alpha value is -2.94. The highest BCUT2D eigenvalue weighted by atomic mass is 32.1. The molecule has 1 aromatic carbocycles. The number of carbonyl (C=O) groups is 1. The minimum atomic E-state index is -0.426. The lowest BCUT2D eigenvalue weighted by Gasteiger charge is -2.07. The number of aromatic nitrogens is 4. The van der Waals surface area contributed by atoms with Gasteiger partial charge in [-0.25, -0.2) is 9.07 Å². The first-order chi connectivity index (χ1) is 12.0. The molecule has 2 aromatic heterocycles. The molecular formula is C16H14FN5O2S. The Morgan fingerprint density at radius 3 is 2.64 bits per heavy atom. The lowest BCUT2D eigenvalue weighted by atomic mass is 10.1. The summed E-state index contributed by atoms with van der Waals surface area (Å²) in [5, 5.41) is 15.7. The lowest BCUT2D eigenvalue weighted by Crippen LogP contribution is -2.29. The Morgan fingerprint density at radius 1 is 1.20 bits per heavy atom. The van der Waals surface area contributed by atoms with Crippen LogP contribution in [-0.2, 0) is 17.8 Å². The van der Waals surface area contributed by atoms with E-state index in [2.05, 4.69) is 20.6 Å². The summed E-state index contributed by atoms with van der Waals surface area (Å²) in [4.78, 5) is 24.0. The van der Waals surface area contributed by atoms with Crippen LogP contribution in [0.5, 0.6) is 0 Å². The molecule has 0 saturated heterocycles. The van der Waals surface area contributed by atoms with Crippen LogP contribution in [0.4, 0.5) is 9.52 Å². The van der Waals surface area contributed by atoms with E-state index in [0.29, 0.717) is 16.4 Å². The zero-order valence-corrected chi connectivity index (χ0v) is 14.1. The zero-order valence-electron chi connectivity index (χ0n) is 13.3. The molecule has 0 aliphatic carbocycles. The third-order valence-electron chi connectivity index (χ3n) is 3.32. The van der Waals surface area contributed by atoms with Gasteiger partial charge < -0.3 is 0 Å². The Labute approximate surface area is 146 Å². The molecule has 1 N–H and O–H groups in total. The van der Waals surface area contributed by atoms with E-state index >= 15 is 0 Å². The van der Waals surface area contributed by atoms with Crippen molar-refractivity contribution in [3.05, 3.63) is 57.6 Å². The van der Waals surface area contributed by atoms with Crippen molar-refractivity contribution in [2.24, 2.45) is 0 Å². The topological polar surface area (TPSA) is 89.8 Å². The molecule has 0 bridgehead atoms. The van der Waals surface area contributed by atoms with Gasteiger partial charge in [0.1, 0.15) is 17.4 Å². The first kappa shape index (κ1) is 16.9. The van der Waals surface area contributed by atoms with Gasteiger partial charge in [0.25, 0.3) is 5.56 Å². The summed E-state index contributed by atoms with van der Waals surface area (Å²) in [5.41, 5.74) is 0.705. The number of carbonyl (C=O) groups excluding carboxylic acids is 1. The van der Waals surface area contributed by atoms with Crippen LogP contribution < -0.4 is 10.9 Å². The van der Waals surface area contributed by atoms with Crippen molar-refractivity contribution in [1.82, 2.24) is 20.0 Å². The van der Waals surface area contributed by atoms with Crippen LogP contribution >= 0.6 is 11.3 Å². The Kier molecular flexibility index (Phi) is 4.94. The average Bonchev–Trinajstić information content (AvgIpc) is 3.05. The SMILES string of the molecule is CCc1nnc(NC(=O)Cn2nc(-c3ccc(F)cc3)ccc2=O)s1. The van der Waals surface area contributed by atoms with E-state index in [1.165, 1.54) is 35.6 Å². The van der Waals surface area contributed by atoms with Gasteiger partial charge in [0.15, 0.2) is 0 Å². The number of anilines is 1. The maximum atomic E-state index is 13.0. The first-order valence-electron chi connectivity index (χ1n) is 7.51. The van der Waals surface area contributed by atoms with Gasteiger partial charge in [-0.1, -0.05) is 18.3 Å². The van der Waals surface area contributed by atoms with Gasteiger partial charge in [-0.05, 0) is 36.8 Å². The van der Waals surface area contributed by atoms with Crippen molar-refractivity contribution >= 4 is 22.4 Å². The first-order valence-corrected chi connectivity index (χ1v) is 8.33. The maximum absolute atomic E-state index is 13.0. The third-order valence-corrected chi connectivity index (χ3v) is 4.30. The molecule has 25 heavy (non-hydrogen) atoms. The molecule has 3 rings (SSSR count). The van der Waals surface area contributed by atoms with Crippen molar-refractivity contribution in [2.75, 3.05) is 5.32 Å². The molecule has 0 spiro atoms. The third kappa shape index (κ3) is 4.13. The van der Waals surface area contributed by atoms with Crippen LogP contribution in [0.2, 0.25) is 0 Å². The number of benzene rings is 1. The van der Waals surface area contributed by atoms with Gasteiger partial charge in [0.05, 0.1) is 5.69 Å². The standard InChI is InChI=1S/C16H14FN5O2S/c1-2-14-19-20-16(25-14)18-13(23)9-22-15(24)8-7-12(21-22)10-3-5-11(17)6-4-10/h3-8H,2,9H2,1H3,(H,18,20,23). The summed E-state index contributed by atoms with van der Waals surface area (Å²) in [6, 6.07) is 8.57. The molecule has 0 saturated carbocycles. The normalized spacial score (nSPS) is 10.6. The monoisotopic (exact) mass is 359 g/mol. The highest BCUT2D eigenvalue weighted by Gasteiger charge is 2.11. The summed E-state index contributed by atoms with van der Waals surface area (Å²) in [7, 11) is 0. The fourth-order valence-corrected chi connectivity index (χ4v) is 2.77. The summed E-state index contributed by atoms with van der Waals surface area (Å²) in [5.74, 6) is -0.787. The number of nitrogens with zero attached hydrogens (tertiary/aromatic N) is 4. The van der Waals surface area contributed by atoms with Gasteiger partial charge in [0, 0.05) is 11.6 Å².